The number of nitrogens with one attached hydrogen (secondary N) is 1. The lowest BCUT2D eigenvalue weighted by Gasteiger charge is -2.08. The molecule has 0 aliphatic carbocycles. The van der Waals surface area contributed by atoms with Crippen molar-refractivity contribution >= 4 is 22.4 Å². The van der Waals surface area contributed by atoms with Gasteiger partial charge in [0.2, 0.25) is 11.0 Å². The van der Waals surface area contributed by atoms with E-state index in [-0.39, 0.29) is 5.91 Å². The largest absolute Gasteiger partial charge is 0.497 e. The monoisotopic (exact) mass is 320 g/mol. The lowest BCUT2D eigenvalue weighted by molar-refractivity contribution is -0.117. The first kappa shape index (κ1) is 16.4. The van der Waals surface area contributed by atoms with Crippen molar-refractivity contribution in [1.29, 1.82) is 0 Å². The van der Waals surface area contributed by atoms with E-state index in [1.807, 2.05) is 31.2 Å². The number of ether oxygens (including phenoxy) is 1. The number of hydrogen-bond donors (Lipinski definition) is 2. The molecule has 0 aliphatic rings. The van der Waals surface area contributed by atoms with Crippen LogP contribution in [0.3, 0.4) is 0 Å². The van der Waals surface area contributed by atoms with Gasteiger partial charge in [0.1, 0.15) is 10.8 Å². The van der Waals surface area contributed by atoms with Crippen molar-refractivity contribution < 1.29 is 9.53 Å². The van der Waals surface area contributed by atoms with Crippen LogP contribution in [-0.4, -0.2) is 29.3 Å². The molecule has 0 bridgehead atoms. The van der Waals surface area contributed by atoms with Crippen LogP contribution in [0.1, 0.15) is 30.3 Å². The van der Waals surface area contributed by atoms with Gasteiger partial charge in [0.25, 0.3) is 0 Å². The highest BCUT2D eigenvalue weighted by atomic mass is 32.1. The Kier molecular flexibility index (Phi) is 5.85. The summed E-state index contributed by atoms with van der Waals surface area (Å²) in [7, 11) is 1.64. The SMILES string of the molecule is CCCC(N)C(=O)Nc1nnc(Cc2cccc(OC)c2)s1. The van der Waals surface area contributed by atoms with Crippen LogP contribution in [0.2, 0.25) is 0 Å². The number of methoxy groups -OCH3 is 1. The van der Waals surface area contributed by atoms with Gasteiger partial charge >= 0.3 is 0 Å². The van der Waals surface area contributed by atoms with Crippen molar-refractivity contribution in [3.05, 3.63) is 34.8 Å². The van der Waals surface area contributed by atoms with Crippen molar-refractivity contribution in [2.45, 2.75) is 32.2 Å². The predicted molar refractivity (Wildman–Crippen MR) is 87.2 cm³/mol. The normalized spacial score (nSPS) is 12.0. The van der Waals surface area contributed by atoms with Crippen molar-refractivity contribution in [3.8, 4) is 5.75 Å². The first-order valence-corrected chi connectivity index (χ1v) is 7.95. The smallest absolute Gasteiger partial charge is 0.243 e. The fraction of sp³-hybridized carbons (Fsp3) is 0.400. The summed E-state index contributed by atoms with van der Waals surface area (Å²) in [6.07, 6.45) is 2.17. The molecule has 2 rings (SSSR count). The van der Waals surface area contributed by atoms with E-state index < -0.39 is 6.04 Å². The van der Waals surface area contributed by atoms with E-state index in [0.717, 1.165) is 22.7 Å². The summed E-state index contributed by atoms with van der Waals surface area (Å²) in [5, 5.41) is 12.1. The molecule has 1 unspecified atom stereocenters. The van der Waals surface area contributed by atoms with Crippen molar-refractivity contribution in [2.75, 3.05) is 12.4 Å². The van der Waals surface area contributed by atoms with E-state index in [1.54, 1.807) is 7.11 Å². The highest BCUT2D eigenvalue weighted by Gasteiger charge is 2.15. The molecule has 22 heavy (non-hydrogen) atoms. The highest BCUT2D eigenvalue weighted by molar-refractivity contribution is 7.15. The average Bonchev–Trinajstić information content (AvgIpc) is 2.94. The van der Waals surface area contributed by atoms with Gasteiger partial charge in [0.15, 0.2) is 0 Å². The van der Waals surface area contributed by atoms with Crippen molar-refractivity contribution in [1.82, 2.24) is 10.2 Å². The Labute approximate surface area is 133 Å². The molecule has 0 fully saturated rings. The zero-order valence-corrected chi connectivity index (χ0v) is 13.5. The van der Waals surface area contributed by atoms with Crippen molar-refractivity contribution in [3.63, 3.8) is 0 Å². The molecule has 0 spiro atoms. The fourth-order valence-corrected chi connectivity index (χ4v) is 2.75. The molecule has 7 heteroatoms. The van der Waals surface area contributed by atoms with Crippen LogP contribution in [0, 0.1) is 0 Å². The van der Waals surface area contributed by atoms with E-state index in [0.29, 0.717) is 18.0 Å². The molecule has 1 heterocycles. The highest BCUT2D eigenvalue weighted by Crippen LogP contribution is 2.21. The number of nitrogens with zero attached hydrogens (tertiary/aromatic N) is 2. The number of anilines is 1. The van der Waals surface area contributed by atoms with Crippen LogP contribution >= 0.6 is 11.3 Å². The quantitative estimate of drug-likeness (QED) is 0.816. The van der Waals surface area contributed by atoms with Gasteiger partial charge in [-0.2, -0.15) is 0 Å². The third-order valence-corrected chi connectivity index (χ3v) is 3.96. The standard InChI is InChI=1S/C15H20N4O2S/c1-3-5-12(16)14(20)17-15-19-18-13(22-15)9-10-6-4-7-11(8-10)21-2/h4,6-8,12H,3,5,9,16H2,1-2H3,(H,17,19,20). The van der Waals surface area contributed by atoms with Crippen LogP contribution in [-0.2, 0) is 11.2 Å². The van der Waals surface area contributed by atoms with E-state index in [4.69, 9.17) is 10.5 Å². The van der Waals surface area contributed by atoms with Gasteiger partial charge < -0.3 is 10.5 Å². The van der Waals surface area contributed by atoms with Crippen LogP contribution in [0.25, 0.3) is 0 Å². The molecule has 6 nitrogen and oxygen atoms in total. The predicted octanol–water partition coefficient (Wildman–Crippen LogP) is 2.20. The second-order valence-electron chi connectivity index (χ2n) is 4.91. The topological polar surface area (TPSA) is 90.1 Å². The number of nitrogens with two attached hydrogens (primary N) is 1. The maximum Gasteiger partial charge on any atom is 0.243 e. The van der Waals surface area contributed by atoms with E-state index in [9.17, 15) is 4.79 Å². The number of aromatic nitrogens is 2. The second-order valence-corrected chi connectivity index (χ2v) is 5.98. The Morgan fingerprint density at radius 1 is 1.45 bits per heavy atom. The minimum atomic E-state index is -0.504. The Morgan fingerprint density at radius 2 is 2.27 bits per heavy atom. The lowest BCUT2D eigenvalue weighted by Crippen LogP contribution is -2.35. The Bertz CT molecular complexity index is 630. The molecule has 0 aliphatic heterocycles. The minimum absolute atomic E-state index is 0.217. The molecular weight excluding hydrogens is 300 g/mol. The van der Waals surface area contributed by atoms with Gasteiger partial charge in [-0.05, 0) is 24.1 Å². The molecule has 1 aromatic carbocycles. The molecular formula is C15H20N4O2S. The summed E-state index contributed by atoms with van der Waals surface area (Å²) in [5.74, 6) is 0.590. The average molecular weight is 320 g/mol. The number of rotatable bonds is 7. The molecule has 0 radical (unpaired) electrons. The summed E-state index contributed by atoms with van der Waals surface area (Å²) in [4.78, 5) is 11.8. The van der Waals surface area contributed by atoms with E-state index in [2.05, 4.69) is 15.5 Å². The van der Waals surface area contributed by atoms with Gasteiger partial charge in [-0.25, -0.2) is 0 Å². The van der Waals surface area contributed by atoms with Gasteiger partial charge in [0.05, 0.1) is 13.2 Å². The fourth-order valence-electron chi connectivity index (χ4n) is 1.97. The lowest BCUT2D eigenvalue weighted by atomic mass is 10.1. The zero-order chi connectivity index (χ0) is 15.9. The molecule has 0 saturated carbocycles. The summed E-state index contributed by atoms with van der Waals surface area (Å²) in [5.41, 5.74) is 6.85. The van der Waals surface area contributed by atoms with Gasteiger partial charge in [-0.3, -0.25) is 10.1 Å². The molecule has 1 aromatic heterocycles. The Hall–Kier alpha value is -1.99. The number of hydrogen-bond acceptors (Lipinski definition) is 6. The molecule has 1 atom stereocenters. The second kappa shape index (κ2) is 7.86. The number of carbonyl (C=O) groups is 1. The first-order chi connectivity index (χ1) is 10.6. The summed E-state index contributed by atoms with van der Waals surface area (Å²) in [6, 6.07) is 7.28. The maximum absolute atomic E-state index is 11.8. The number of carbonyl (C=O) groups excluding carboxylic acids is 1. The molecule has 118 valence electrons. The van der Waals surface area contributed by atoms with Gasteiger partial charge in [-0.1, -0.05) is 36.8 Å². The molecule has 2 aromatic rings. The van der Waals surface area contributed by atoms with E-state index >= 15 is 0 Å². The molecule has 0 saturated heterocycles. The third-order valence-electron chi connectivity index (χ3n) is 3.12. The summed E-state index contributed by atoms with van der Waals surface area (Å²) < 4.78 is 5.20. The number of benzene rings is 1. The van der Waals surface area contributed by atoms with Crippen LogP contribution in [0.5, 0.6) is 5.75 Å². The van der Waals surface area contributed by atoms with Crippen LogP contribution in [0.15, 0.2) is 24.3 Å². The van der Waals surface area contributed by atoms with Gasteiger partial charge in [-0.15, -0.1) is 10.2 Å². The first-order valence-electron chi connectivity index (χ1n) is 7.14. The maximum atomic E-state index is 11.8. The third kappa shape index (κ3) is 4.51. The van der Waals surface area contributed by atoms with Crippen LogP contribution < -0.4 is 15.8 Å². The Morgan fingerprint density at radius 3 is 3.00 bits per heavy atom. The Balaban J connectivity index is 1.97. The van der Waals surface area contributed by atoms with Crippen LogP contribution in [0.4, 0.5) is 5.13 Å². The summed E-state index contributed by atoms with van der Waals surface area (Å²) in [6.45, 7) is 1.99. The van der Waals surface area contributed by atoms with Crippen molar-refractivity contribution in [2.24, 2.45) is 5.73 Å². The van der Waals surface area contributed by atoms with E-state index in [1.165, 1.54) is 11.3 Å². The molecule has 3 N–H and O–H groups in total. The van der Waals surface area contributed by atoms with Gasteiger partial charge in [0, 0.05) is 6.42 Å². The number of amides is 1. The zero-order valence-electron chi connectivity index (χ0n) is 12.7. The summed E-state index contributed by atoms with van der Waals surface area (Å²) >= 11 is 1.35. The minimum Gasteiger partial charge on any atom is -0.497 e. The molecule has 1 amide bonds.